The zero-order valence-electron chi connectivity index (χ0n) is 11.4. The van der Waals surface area contributed by atoms with Gasteiger partial charge in [0, 0.05) is 17.1 Å². The number of phenolic OH excluding ortho intramolecular Hbond substituents is 1. The second-order valence-electron chi connectivity index (χ2n) is 5.34. The van der Waals surface area contributed by atoms with Gasteiger partial charge in [0.1, 0.15) is 16.3 Å². The van der Waals surface area contributed by atoms with Crippen LogP contribution in [0.3, 0.4) is 0 Å². The number of rotatable bonds is 3. The fraction of sp³-hybridized carbons (Fsp3) is 0.429. The summed E-state index contributed by atoms with van der Waals surface area (Å²) in [5.74, 6) is 0.736. The summed E-state index contributed by atoms with van der Waals surface area (Å²) in [7, 11) is 0. The summed E-state index contributed by atoms with van der Waals surface area (Å²) in [6.07, 6.45) is 0. The predicted octanol–water partition coefficient (Wildman–Crippen LogP) is 1.76. The number of carboxylic acids is 1. The van der Waals surface area contributed by atoms with Gasteiger partial charge in [-0.1, -0.05) is 12.1 Å². The number of nitrogens with zero attached hydrogens (tertiary/aromatic N) is 1. The molecule has 1 saturated heterocycles. The molecule has 0 radical (unpaired) electrons. The molecule has 2 heterocycles. The maximum atomic E-state index is 11.3. The van der Waals surface area contributed by atoms with Crippen LogP contribution >= 0.6 is 23.5 Å². The molecule has 21 heavy (non-hydrogen) atoms. The summed E-state index contributed by atoms with van der Waals surface area (Å²) in [6, 6.07) is 7.17. The Bertz CT molecular complexity index is 608. The Morgan fingerprint density at radius 1 is 1.48 bits per heavy atom. The van der Waals surface area contributed by atoms with Crippen molar-refractivity contribution in [1.82, 2.24) is 5.32 Å². The topological polar surface area (TPSA) is 81.9 Å². The summed E-state index contributed by atoms with van der Waals surface area (Å²) in [5, 5.41) is 23.1. The first kappa shape index (κ1) is 14.7. The number of aromatic hydroxyl groups is 1. The smallest absolute Gasteiger partial charge is 0.324 e. The molecule has 0 saturated carbocycles. The van der Waals surface area contributed by atoms with Crippen LogP contribution in [-0.2, 0) is 4.79 Å². The Hall–Kier alpha value is -1.18. The predicted molar refractivity (Wildman–Crippen MR) is 86.3 cm³/mol. The van der Waals surface area contributed by atoms with Crippen molar-refractivity contribution in [1.29, 1.82) is 0 Å². The highest BCUT2D eigenvalue weighted by molar-refractivity contribution is 8.14. The Morgan fingerprint density at radius 3 is 2.90 bits per heavy atom. The second-order valence-corrected chi connectivity index (χ2v) is 7.48. The van der Waals surface area contributed by atoms with Crippen LogP contribution in [0, 0.1) is 0 Å². The third kappa shape index (κ3) is 2.77. The molecule has 3 N–H and O–H groups in total. The van der Waals surface area contributed by atoms with E-state index in [1.807, 2.05) is 12.1 Å². The highest BCUT2D eigenvalue weighted by Gasteiger charge is 2.45. The average Bonchev–Trinajstić information content (AvgIpc) is 3.07. The van der Waals surface area contributed by atoms with Crippen molar-refractivity contribution < 1.29 is 15.0 Å². The van der Waals surface area contributed by atoms with Crippen molar-refractivity contribution >= 4 is 34.5 Å². The molecule has 0 bridgehead atoms. The molecule has 3 atom stereocenters. The van der Waals surface area contributed by atoms with Crippen molar-refractivity contribution in [2.45, 2.75) is 23.9 Å². The third-order valence-corrected chi connectivity index (χ3v) is 6.28. The Labute approximate surface area is 131 Å². The molecule has 2 aliphatic rings. The van der Waals surface area contributed by atoms with Crippen LogP contribution in [-0.4, -0.2) is 49.7 Å². The first-order valence-electron chi connectivity index (χ1n) is 6.61. The lowest BCUT2D eigenvalue weighted by Gasteiger charge is -2.21. The van der Waals surface area contributed by atoms with Crippen LogP contribution in [0.1, 0.15) is 12.5 Å². The number of benzene rings is 1. The van der Waals surface area contributed by atoms with E-state index in [1.54, 1.807) is 42.6 Å². The van der Waals surface area contributed by atoms with E-state index < -0.39 is 11.5 Å². The fourth-order valence-electron chi connectivity index (χ4n) is 2.33. The summed E-state index contributed by atoms with van der Waals surface area (Å²) in [5.41, 5.74) is -0.137. The van der Waals surface area contributed by atoms with Crippen LogP contribution in [0.4, 0.5) is 0 Å². The summed E-state index contributed by atoms with van der Waals surface area (Å²) in [6.45, 7) is 1.71. The van der Waals surface area contributed by atoms with Gasteiger partial charge in [0.15, 0.2) is 0 Å². The molecule has 3 rings (SSSR count). The van der Waals surface area contributed by atoms with Gasteiger partial charge >= 0.3 is 5.97 Å². The molecule has 0 aromatic heterocycles. The van der Waals surface area contributed by atoms with Crippen LogP contribution in [0.25, 0.3) is 0 Å². The zero-order chi connectivity index (χ0) is 15.0. The molecule has 1 aromatic rings. The van der Waals surface area contributed by atoms with Crippen molar-refractivity contribution in [3.05, 3.63) is 29.8 Å². The number of thioether (sulfide) groups is 2. The number of carboxylic acid groups (broad SMARTS) is 1. The molecule has 1 aromatic carbocycles. The maximum Gasteiger partial charge on any atom is 0.324 e. The summed E-state index contributed by atoms with van der Waals surface area (Å²) >= 11 is 3.20. The normalized spacial score (nSPS) is 32.1. The molecule has 5 nitrogen and oxygen atoms in total. The Balaban J connectivity index is 1.76. The van der Waals surface area contributed by atoms with Gasteiger partial charge in [-0.2, -0.15) is 0 Å². The summed E-state index contributed by atoms with van der Waals surface area (Å²) in [4.78, 5) is 15.9. The standard InChI is InChI=1S/C14H16N2O3S2/c1-14(13(18)19)7-21-12(16-14)9-6-20-11(15-9)8-4-2-3-5-10(8)17/h2-5,9,12,16-17H,6-7H2,1H3,(H,18,19)/t9-,12-,14+/m0/s1. The van der Waals surface area contributed by atoms with Crippen molar-refractivity contribution in [3.8, 4) is 5.75 Å². The Morgan fingerprint density at radius 2 is 2.24 bits per heavy atom. The van der Waals surface area contributed by atoms with Crippen LogP contribution < -0.4 is 5.32 Å². The van der Waals surface area contributed by atoms with Gasteiger partial charge in [-0.25, -0.2) is 0 Å². The molecule has 0 amide bonds. The molecule has 112 valence electrons. The van der Waals surface area contributed by atoms with Crippen LogP contribution in [0.5, 0.6) is 5.75 Å². The lowest BCUT2D eigenvalue weighted by molar-refractivity contribution is -0.142. The van der Waals surface area contributed by atoms with Crippen molar-refractivity contribution in [2.24, 2.45) is 4.99 Å². The maximum absolute atomic E-state index is 11.3. The molecule has 0 spiro atoms. The molecule has 0 unspecified atom stereocenters. The minimum Gasteiger partial charge on any atom is -0.507 e. The summed E-state index contributed by atoms with van der Waals surface area (Å²) < 4.78 is 0. The van der Waals surface area contributed by atoms with E-state index in [2.05, 4.69) is 10.3 Å². The number of aliphatic carboxylic acids is 1. The van der Waals surface area contributed by atoms with E-state index >= 15 is 0 Å². The first-order valence-corrected chi connectivity index (χ1v) is 8.65. The van der Waals surface area contributed by atoms with E-state index in [9.17, 15) is 15.0 Å². The number of phenols is 1. The minimum absolute atomic E-state index is 0.00181. The van der Waals surface area contributed by atoms with Gasteiger partial charge < -0.3 is 10.2 Å². The van der Waals surface area contributed by atoms with Crippen molar-refractivity contribution in [2.75, 3.05) is 11.5 Å². The molecular formula is C14H16N2O3S2. The van der Waals surface area contributed by atoms with Crippen molar-refractivity contribution in [3.63, 3.8) is 0 Å². The zero-order valence-corrected chi connectivity index (χ0v) is 13.1. The number of aliphatic imine (C=N–C) groups is 1. The van der Waals surface area contributed by atoms with Crippen LogP contribution in [0.15, 0.2) is 29.3 Å². The number of carbonyl (C=O) groups is 1. The van der Waals surface area contributed by atoms with E-state index in [-0.39, 0.29) is 17.2 Å². The quantitative estimate of drug-likeness (QED) is 0.786. The van der Waals surface area contributed by atoms with Gasteiger partial charge in [0.05, 0.1) is 11.4 Å². The lowest BCUT2D eigenvalue weighted by atomic mass is 10.1. The van der Waals surface area contributed by atoms with Gasteiger partial charge in [0.2, 0.25) is 0 Å². The first-order chi connectivity index (χ1) is 9.99. The Kier molecular flexibility index (Phi) is 3.90. The largest absolute Gasteiger partial charge is 0.507 e. The minimum atomic E-state index is -0.882. The molecule has 2 aliphatic heterocycles. The van der Waals surface area contributed by atoms with E-state index in [0.717, 1.165) is 16.4 Å². The second kappa shape index (κ2) is 5.55. The van der Waals surface area contributed by atoms with Crippen LogP contribution in [0.2, 0.25) is 0 Å². The number of hydrogen-bond acceptors (Lipinski definition) is 6. The van der Waals surface area contributed by atoms with E-state index in [4.69, 9.17) is 0 Å². The monoisotopic (exact) mass is 324 g/mol. The highest BCUT2D eigenvalue weighted by atomic mass is 32.2. The number of para-hydroxylation sites is 1. The lowest BCUT2D eigenvalue weighted by Crippen LogP contribution is -2.51. The van der Waals surface area contributed by atoms with E-state index in [1.165, 1.54) is 0 Å². The highest BCUT2D eigenvalue weighted by Crippen LogP contribution is 2.36. The SMILES string of the molecule is C[C@]1(C(=O)O)CS[C@@H]([C@@H]2CSC(c3ccccc3O)=N2)N1. The average molecular weight is 324 g/mol. The van der Waals surface area contributed by atoms with Gasteiger partial charge in [-0.05, 0) is 19.1 Å². The number of nitrogens with one attached hydrogen (secondary N) is 1. The molecular weight excluding hydrogens is 308 g/mol. The van der Waals surface area contributed by atoms with Gasteiger partial charge in [0.25, 0.3) is 0 Å². The van der Waals surface area contributed by atoms with Gasteiger partial charge in [-0.3, -0.25) is 15.1 Å². The molecule has 0 aliphatic carbocycles. The fourth-order valence-corrected chi connectivity index (χ4v) is 5.03. The number of hydrogen-bond donors (Lipinski definition) is 3. The van der Waals surface area contributed by atoms with E-state index in [0.29, 0.717) is 5.75 Å². The molecule has 7 heteroatoms. The third-order valence-electron chi connectivity index (χ3n) is 3.64. The van der Waals surface area contributed by atoms with Gasteiger partial charge in [-0.15, -0.1) is 23.5 Å². The molecule has 1 fully saturated rings.